The van der Waals surface area contributed by atoms with Crippen LogP contribution in [-0.2, 0) is 6.42 Å². The molecule has 0 saturated carbocycles. The number of aromatic nitrogens is 2. The number of ketones is 1. The fraction of sp³-hybridized carbons (Fsp3) is 0.143. The van der Waals surface area contributed by atoms with E-state index in [1.807, 2.05) is 24.3 Å². The highest BCUT2D eigenvalue weighted by molar-refractivity contribution is 6.30. The molecule has 0 spiro atoms. The summed E-state index contributed by atoms with van der Waals surface area (Å²) in [6, 6.07) is 14.4. The lowest BCUT2D eigenvalue weighted by atomic mass is 10.1. The number of nitrogens with zero attached hydrogens (tertiary/aromatic N) is 2. The summed E-state index contributed by atoms with van der Waals surface area (Å²) >= 11 is 5.87. The summed E-state index contributed by atoms with van der Waals surface area (Å²) in [5.41, 5.74) is 2.69. The molecule has 2 aromatic carbocycles. The van der Waals surface area contributed by atoms with E-state index < -0.39 is 0 Å². The van der Waals surface area contributed by atoms with Gasteiger partial charge in [0.25, 0.3) is 5.91 Å². The van der Waals surface area contributed by atoms with E-state index in [4.69, 9.17) is 11.6 Å². The fourth-order valence-corrected chi connectivity index (χ4v) is 2.62. The van der Waals surface area contributed by atoms with E-state index in [0.29, 0.717) is 34.3 Å². The number of carbonyl (C=O) groups is 2. The van der Waals surface area contributed by atoms with Crippen molar-refractivity contribution in [1.29, 1.82) is 0 Å². The summed E-state index contributed by atoms with van der Waals surface area (Å²) in [7, 11) is 0. The third-order valence-corrected chi connectivity index (χ3v) is 4.33. The molecule has 3 rings (SSSR count). The predicted octanol–water partition coefficient (Wildman–Crippen LogP) is 4.24. The van der Waals surface area contributed by atoms with Crippen molar-refractivity contribution in [2.75, 3.05) is 17.2 Å². The summed E-state index contributed by atoms with van der Waals surface area (Å²) in [4.78, 5) is 31.9. The summed E-state index contributed by atoms with van der Waals surface area (Å²) in [6.07, 6.45) is 3.74. The zero-order valence-electron chi connectivity index (χ0n) is 15.3. The van der Waals surface area contributed by atoms with Gasteiger partial charge in [-0.1, -0.05) is 23.7 Å². The molecule has 1 heterocycles. The molecule has 6 nitrogen and oxygen atoms in total. The van der Waals surface area contributed by atoms with Crippen molar-refractivity contribution >= 4 is 34.9 Å². The van der Waals surface area contributed by atoms with Crippen molar-refractivity contribution in [2.45, 2.75) is 13.3 Å². The molecular weight excluding hydrogens is 376 g/mol. The molecule has 0 aliphatic heterocycles. The maximum Gasteiger partial charge on any atom is 0.258 e. The van der Waals surface area contributed by atoms with Gasteiger partial charge < -0.3 is 10.6 Å². The number of halogens is 1. The summed E-state index contributed by atoms with van der Waals surface area (Å²) in [6.45, 7) is 2.16. The Hall–Kier alpha value is -3.25. The monoisotopic (exact) mass is 394 g/mol. The first-order chi connectivity index (χ1) is 13.5. The highest BCUT2D eigenvalue weighted by Crippen LogP contribution is 2.12. The van der Waals surface area contributed by atoms with E-state index in [1.54, 1.807) is 24.3 Å². The first-order valence-electron chi connectivity index (χ1n) is 8.74. The van der Waals surface area contributed by atoms with Crippen LogP contribution in [0.4, 0.5) is 11.6 Å². The Morgan fingerprint density at radius 1 is 0.929 bits per heavy atom. The lowest BCUT2D eigenvalue weighted by Gasteiger charge is -2.07. The summed E-state index contributed by atoms with van der Waals surface area (Å²) < 4.78 is 0. The van der Waals surface area contributed by atoms with Crippen molar-refractivity contribution in [2.24, 2.45) is 0 Å². The molecule has 2 N–H and O–H groups in total. The van der Waals surface area contributed by atoms with E-state index in [-0.39, 0.29) is 11.7 Å². The van der Waals surface area contributed by atoms with Crippen molar-refractivity contribution in [3.63, 3.8) is 0 Å². The molecule has 0 fully saturated rings. The van der Waals surface area contributed by atoms with E-state index in [1.165, 1.54) is 19.3 Å². The zero-order chi connectivity index (χ0) is 19.9. The normalized spacial score (nSPS) is 10.4. The first-order valence-corrected chi connectivity index (χ1v) is 9.12. The van der Waals surface area contributed by atoms with Crippen LogP contribution < -0.4 is 10.6 Å². The van der Waals surface area contributed by atoms with E-state index in [9.17, 15) is 9.59 Å². The molecule has 3 aromatic rings. The smallest absolute Gasteiger partial charge is 0.258 e. The van der Waals surface area contributed by atoms with Crippen LogP contribution in [0.3, 0.4) is 0 Å². The highest BCUT2D eigenvalue weighted by Gasteiger charge is 2.08. The van der Waals surface area contributed by atoms with Gasteiger partial charge in [0.1, 0.15) is 0 Å². The van der Waals surface area contributed by atoms with Gasteiger partial charge in [-0.3, -0.25) is 9.59 Å². The Morgan fingerprint density at radius 3 is 2.18 bits per heavy atom. The molecular formula is C21H19ClN4O2. The molecule has 1 aromatic heterocycles. The van der Waals surface area contributed by atoms with Crippen molar-refractivity contribution in [3.8, 4) is 0 Å². The molecule has 0 aliphatic rings. The second-order valence-electron chi connectivity index (χ2n) is 6.19. The van der Waals surface area contributed by atoms with Gasteiger partial charge in [-0.2, -0.15) is 0 Å². The van der Waals surface area contributed by atoms with Crippen molar-refractivity contribution < 1.29 is 9.59 Å². The van der Waals surface area contributed by atoms with Gasteiger partial charge in [-0.15, -0.1) is 0 Å². The molecule has 0 unspecified atom stereocenters. The van der Waals surface area contributed by atoms with Crippen LogP contribution in [0, 0.1) is 0 Å². The standard InChI is InChI=1S/C21H19ClN4O2/c1-14(27)16-4-8-19(9-5-16)26-20(28)17-12-24-21(25-13-17)23-11-10-15-2-6-18(22)7-3-15/h2-9,12-13H,10-11H2,1H3,(H,26,28)(H,23,24,25). The van der Waals surface area contributed by atoms with Crippen LogP contribution >= 0.6 is 11.6 Å². The van der Waals surface area contributed by atoms with Crippen LogP contribution in [0.25, 0.3) is 0 Å². The van der Waals surface area contributed by atoms with Crippen LogP contribution in [0.2, 0.25) is 5.02 Å². The largest absolute Gasteiger partial charge is 0.354 e. The zero-order valence-corrected chi connectivity index (χ0v) is 16.0. The molecule has 7 heteroatoms. The number of amides is 1. The molecule has 0 bridgehead atoms. The van der Waals surface area contributed by atoms with Crippen LogP contribution in [0.15, 0.2) is 60.9 Å². The molecule has 0 radical (unpaired) electrons. The number of hydrogen-bond acceptors (Lipinski definition) is 5. The lowest BCUT2D eigenvalue weighted by Crippen LogP contribution is -2.14. The van der Waals surface area contributed by atoms with E-state index in [0.717, 1.165) is 12.0 Å². The van der Waals surface area contributed by atoms with Gasteiger partial charge in [0, 0.05) is 35.2 Å². The quantitative estimate of drug-likeness (QED) is 0.585. The number of nitrogens with one attached hydrogen (secondary N) is 2. The van der Waals surface area contributed by atoms with Gasteiger partial charge in [0.2, 0.25) is 5.95 Å². The SMILES string of the molecule is CC(=O)c1ccc(NC(=O)c2cnc(NCCc3ccc(Cl)cc3)nc2)cc1. The molecule has 0 aliphatic carbocycles. The number of benzene rings is 2. The minimum atomic E-state index is -0.316. The number of hydrogen-bond donors (Lipinski definition) is 2. The number of rotatable bonds is 7. The number of Topliss-reactive ketones (excluding diaryl/α,β-unsaturated/α-hetero) is 1. The highest BCUT2D eigenvalue weighted by atomic mass is 35.5. The fourth-order valence-electron chi connectivity index (χ4n) is 2.50. The topological polar surface area (TPSA) is 84.0 Å². The van der Waals surface area contributed by atoms with Gasteiger partial charge in [0.15, 0.2) is 5.78 Å². The van der Waals surface area contributed by atoms with Crippen molar-refractivity contribution in [3.05, 3.63) is 82.6 Å². The summed E-state index contributed by atoms with van der Waals surface area (Å²) in [5, 5.41) is 6.58. The Balaban J connectivity index is 1.52. The maximum atomic E-state index is 12.3. The second-order valence-corrected chi connectivity index (χ2v) is 6.62. The van der Waals surface area contributed by atoms with Gasteiger partial charge >= 0.3 is 0 Å². The minimum Gasteiger partial charge on any atom is -0.354 e. The Labute approximate surface area is 168 Å². The molecule has 28 heavy (non-hydrogen) atoms. The molecule has 0 saturated heterocycles. The Kier molecular flexibility index (Phi) is 6.34. The second kappa shape index (κ2) is 9.10. The average Bonchev–Trinajstić information content (AvgIpc) is 2.70. The van der Waals surface area contributed by atoms with Crippen molar-refractivity contribution in [1.82, 2.24) is 9.97 Å². The predicted molar refractivity (Wildman–Crippen MR) is 110 cm³/mol. The lowest BCUT2D eigenvalue weighted by molar-refractivity contribution is 0.101. The van der Waals surface area contributed by atoms with E-state index >= 15 is 0 Å². The average molecular weight is 395 g/mol. The Morgan fingerprint density at radius 2 is 1.57 bits per heavy atom. The minimum absolute atomic E-state index is 0.0228. The van der Waals surface area contributed by atoms with Crippen LogP contribution in [0.1, 0.15) is 33.2 Å². The third-order valence-electron chi connectivity index (χ3n) is 4.07. The van der Waals surface area contributed by atoms with Crippen LogP contribution in [-0.4, -0.2) is 28.2 Å². The number of carbonyl (C=O) groups excluding carboxylic acids is 2. The first kappa shape index (κ1) is 19.5. The summed E-state index contributed by atoms with van der Waals surface area (Å²) in [5.74, 6) is 0.116. The van der Waals surface area contributed by atoms with E-state index in [2.05, 4.69) is 20.6 Å². The Bertz CT molecular complexity index is 955. The number of anilines is 2. The van der Waals surface area contributed by atoms with Gasteiger partial charge in [-0.25, -0.2) is 9.97 Å². The molecule has 142 valence electrons. The van der Waals surface area contributed by atoms with Gasteiger partial charge in [-0.05, 0) is 55.3 Å². The molecule has 1 amide bonds. The molecule has 0 atom stereocenters. The van der Waals surface area contributed by atoms with Gasteiger partial charge in [0.05, 0.1) is 5.56 Å². The third kappa shape index (κ3) is 5.37. The van der Waals surface area contributed by atoms with Crippen LogP contribution in [0.5, 0.6) is 0 Å². The maximum absolute atomic E-state index is 12.3.